The van der Waals surface area contributed by atoms with Crippen LogP contribution >= 0.6 is 0 Å². The predicted octanol–water partition coefficient (Wildman–Crippen LogP) is -0.719. The van der Waals surface area contributed by atoms with Gasteiger partial charge in [0.15, 0.2) is 9.84 Å². The Morgan fingerprint density at radius 1 is 1.32 bits per heavy atom. The number of hydrogen-bond donors (Lipinski definition) is 2. The standard InChI is InChI=1S/C15H23N5O4S/c1-9-13(5-14(21)17-11-6-19(7-11)15(16)22)10(2)20(18-9)12-3-4-25(23,24)8-12/h11-12H,3-8H2,1-2H3,(H2,16,22)(H,17,21). The minimum Gasteiger partial charge on any atom is -0.351 e. The topological polar surface area (TPSA) is 127 Å². The fourth-order valence-corrected chi connectivity index (χ4v) is 5.16. The Balaban J connectivity index is 1.63. The molecule has 138 valence electrons. The molecule has 9 nitrogen and oxygen atoms in total. The van der Waals surface area contributed by atoms with Gasteiger partial charge in [-0.15, -0.1) is 0 Å². The molecule has 0 bridgehead atoms. The van der Waals surface area contributed by atoms with Gasteiger partial charge in [0.1, 0.15) is 0 Å². The number of nitrogens with one attached hydrogen (secondary N) is 1. The molecule has 2 saturated heterocycles. The number of nitrogens with zero attached hydrogens (tertiary/aromatic N) is 3. The van der Waals surface area contributed by atoms with Crippen molar-refractivity contribution in [2.24, 2.45) is 5.73 Å². The van der Waals surface area contributed by atoms with Gasteiger partial charge >= 0.3 is 6.03 Å². The van der Waals surface area contributed by atoms with Crippen molar-refractivity contribution in [1.29, 1.82) is 0 Å². The molecule has 2 fully saturated rings. The summed E-state index contributed by atoms with van der Waals surface area (Å²) in [5.74, 6) is 0.147. The largest absolute Gasteiger partial charge is 0.351 e. The molecule has 3 N–H and O–H groups in total. The van der Waals surface area contributed by atoms with Crippen LogP contribution < -0.4 is 11.1 Å². The SMILES string of the molecule is Cc1nn(C2CCS(=O)(=O)C2)c(C)c1CC(=O)NC1CN(C(N)=O)C1. The molecule has 0 aliphatic carbocycles. The Kier molecular flexibility index (Phi) is 4.48. The lowest BCUT2D eigenvalue weighted by Crippen LogP contribution is -2.62. The number of urea groups is 1. The molecule has 0 spiro atoms. The highest BCUT2D eigenvalue weighted by Crippen LogP contribution is 2.27. The van der Waals surface area contributed by atoms with E-state index >= 15 is 0 Å². The Morgan fingerprint density at radius 2 is 2.00 bits per heavy atom. The lowest BCUT2D eigenvalue weighted by atomic mass is 10.1. The molecule has 3 heterocycles. The number of carbonyl (C=O) groups is 2. The summed E-state index contributed by atoms with van der Waals surface area (Å²) >= 11 is 0. The fraction of sp³-hybridized carbons (Fsp3) is 0.667. The van der Waals surface area contributed by atoms with Crippen molar-refractivity contribution < 1.29 is 18.0 Å². The first kappa shape index (κ1) is 17.7. The van der Waals surface area contributed by atoms with Crippen molar-refractivity contribution in [3.63, 3.8) is 0 Å². The van der Waals surface area contributed by atoms with E-state index in [2.05, 4.69) is 10.4 Å². The highest BCUT2D eigenvalue weighted by atomic mass is 32.2. The van der Waals surface area contributed by atoms with E-state index in [0.717, 1.165) is 17.0 Å². The van der Waals surface area contributed by atoms with E-state index < -0.39 is 15.9 Å². The average Bonchev–Trinajstić information content (AvgIpc) is 2.96. The average molecular weight is 369 g/mol. The van der Waals surface area contributed by atoms with Gasteiger partial charge in [-0.25, -0.2) is 13.2 Å². The molecule has 2 aliphatic heterocycles. The van der Waals surface area contributed by atoms with Gasteiger partial charge < -0.3 is 16.0 Å². The summed E-state index contributed by atoms with van der Waals surface area (Å²) in [6.07, 6.45) is 0.741. The number of amides is 3. The molecule has 1 aromatic heterocycles. The summed E-state index contributed by atoms with van der Waals surface area (Å²) in [5.41, 5.74) is 7.56. The van der Waals surface area contributed by atoms with Crippen molar-refractivity contribution in [1.82, 2.24) is 20.0 Å². The van der Waals surface area contributed by atoms with E-state index in [0.29, 0.717) is 19.5 Å². The summed E-state index contributed by atoms with van der Waals surface area (Å²) in [4.78, 5) is 24.7. The zero-order valence-corrected chi connectivity index (χ0v) is 15.2. The van der Waals surface area contributed by atoms with Gasteiger partial charge in [-0.2, -0.15) is 5.10 Å². The minimum absolute atomic E-state index is 0.0735. The Bertz CT molecular complexity index is 810. The van der Waals surface area contributed by atoms with E-state index in [1.54, 1.807) is 4.68 Å². The van der Waals surface area contributed by atoms with Crippen LogP contribution in [0.15, 0.2) is 0 Å². The highest BCUT2D eigenvalue weighted by molar-refractivity contribution is 7.91. The molecule has 3 rings (SSSR count). The van der Waals surface area contributed by atoms with Crippen LogP contribution in [0, 0.1) is 13.8 Å². The summed E-state index contributed by atoms with van der Waals surface area (Å²) in [7, 11) is -2.99. The van der Waals surface area contributed by atoms with Crippen LogP contribution in [0.3, 0.4) is 0 Å². The minimum atomic E-state index is -2.99. The lowest BCUT2D eigenvalue weighted by molar-refractivity contribution is -0.122. The van der Waals surface area contributed by atoms with Crippen LogP contribution in [0.1, 0.15) is 29.4 Å². The molecular formula is C15H23N5O4S. The predicted molar refractivity (Wildman–Crippen MR) is 90.8 cm³/mol. The van der Waals surface area contributed by atoms with Gasteiger partial charge in [0, 0.05) is 24.3 Å². The third kappa shape index (κ3) is 3.63. The monoisotopic (exact) mass is 369 g/mol. The van der Waals surface area contributed by atoms with Gasteiger partial charge in [-0.3, -0.25) is 9.48 Å². The molecular weight excluding hydrogens is 346 g/mol. The molecule has 0 saturated carbocycles. The third-order valence-electron chi connectivity index (χ3n) is 4.92. The number of hydrogen-bond acceptors (Lipinski definition) is 5. The smallest absolute Gasteiger partial charge is 0.314 e. The molecule has 0 radical (unpaired) electrons. The van der Waals surface area contributed by atoms with Gasteiger partial charge in [-0.1, -0.05) is 0 Å². The molecule has 1 unspecified atom stereocenters. The molecule has 3 amide bonds. The Morgan fingerprint density at radius 3 is 2.56 bits per heavy atom. The van der Waals surface area contributed by atoms with E-state index in [9.17, 15) is 18.0 Å². The molecule has 2 aliphatic rings. The first-order valence-corrected chi connectivity index (χ1v) is 10.1. The maximum absolute atomic E-state index is 12.3. The normalized spacial score (nSPS) is 22.6. The third-order valence-corrected chi connectivity index (χ3v) is 6.68. The maximum atomic E-state index is 12.3. The second kappa shape index (κ2) is 6.32. The van der Waals surface area contributed by atoms with E-state index in [1.165, 1.54) is 4.90 Å². The first-order valence-electron chi connectivity index (χ1n) is 8.25. The number of nitrogens with two attached hydrogens (primary N) is 1. The van der Waals surface area contributed by atoms with Crippen molar-refractivity contribution in [2.45, 2.75) is 38.8 Å². The van der Waals surface area contributed by atoms with Gasteiger partial charge in [-0.05, 0) is 20.3 Å². The summed E-state index contributed by atoms with van der Waals surface area (Å²) in [6, 6.07) is -0.711. The zero-order valence-electron chi connectivity index (χ0n) is 14.4. The number of sulfone groups is 1. The van der Waals surface area contributed by atoms with Gasteiger partial charge in [0.25, 0.3) is 0 Å². The van der Waals surface area contributed by atoms with Crippen molar-refractivity contribution in [3.8, 4) is 0 Å². The van der Waals surface area contributed by atoms with Crippen LogP contribution in [0.2, 0.25) is 0 Å². The van der Waals surface area contributed by atoms with Gasteiger partial charge in [0.05, 0.1) is 35.7 Å². The molecule has 0 aromatic carbocycles. The van der Waals surface area contributed by atoms with Crippen LogP contribution in [-0.4, -0.2) is 65.7 Å². The highest BCUT2D eigenvalue weighted by Gasteiger charge is 2.33. The van der Waals surface area contributed by atoms with Crippen LogP contribution in [0.5, 0.6) is 0 Å². The second-order valence-electron chi connectivity index (χ2n) is 6.84. The quantitative estimate of drug-likeness (QED) is 0.724. The van der Waals surface area contributed by atoms with Crippen LogP contribution in [0.4, 0.5) is 4.79 Å². The fourth-order valence-electron chi connectivity index (χ4n) is 3.47. The number of aromatic nitrogens is 2. The van der Waals surface area contributed by atoms with Crippen LogP contribution in [-0.2, 0) is 21.1 Å². The second-order valence-corrected chi connectivity index (χ2v) is 9.06. The van der Waals surface area contributed by atoms with Crippen molar-refractivity contribution >= 4 is 21.8 Å². The number of carbonyl (C=O) groups excluding carboxylic acids is 2. The number of aryl methyl sites for hydroxylation is 1. The summed E-state index contributed by atoms with van der Waals surface area (Å²) < 4.78 is 25.1. The molecule has 1 aromatic rings. The van der Waals surface area contributed by atoms with Crippen molar-refractivity contribution in [3.05, 3.63) is 17.0 Å². The first-order chi connectivity index (χ1) is 11.7. The lowest BCUT2D eigenvalue weighted by Gasteiger charge is -2.38. The Labute approximate surface area is 146 Å². The van der Waals surface area contributed by atoms with E-state index in [1.807, 2.05) is 13.8 Å². The van der Waals surface area contributed by atoms with E-state index in [-0.39, 0.29) is 35.9 Å². The zero-order chi connectivity index (χ0) is 18.4. The Hall–Kier alpha value is -2.10. The number of rotatable bonds is 4. The molecule has 1 atom stereocenters. The van der Waals surface area contributed by atoms with Gasteiger partial charge in [0.2, 0.25) is 5.91 Å². The van der Waals surface area contributed by atoms with Crippen molar-refractivity contribution in [2.75, 3.05) is 24.6 Å². The van der Waals surface area contributed by atoms with E-state index in [4.69, 9.17) is 5.73 Å². The summed E-state index contributed by atoms with van der Waals surface area (Å²) in [6.45, 7) is 4.55. The maximum Gasteiger partial charge on any atom is 0.314 e. The summed E-state index contributed by atoms with van der Waals surface area (Å²) in [5, 5.41) is 7.34. The van der Waals surface area contributed by atoms with Crippen LogP contribution in [0.25, 0.3) is 0 Å². The number of primary amides is 1. The molecule has 25 heavy (non-hydrogen) atoms. The molecule has 10 heteroatoms. The number of likely N-dealkylation sites (tertiary alicyclic amines) is 1.